The summed E-state index contributed by atoms with van der Waals surface area (Å²) >= 11 is 2.34. The third-order valence-corrected chi connectivity index (χ3v) is 5.86. The van der Waals surface area contributed by atoms with Gasteiger partial charge in [0.15, 0.2) is 4.34 Å². The summed E-state index contributed by atoms with van der Waals surface area (Å²) in [5.41, 5.74) is 1.54. The predicted molar refractivity (Wildman–Crippen MR) is 123 cm³/mol. The van der Waals surface area contributed by atoms with E-state index < -0.39 is 12.0 Å². The Balaban J connectivity index is 1.44. The van der Waals surface area contributed by atoms with Gasteiger partial charge in [-0.2, -0.15) is 0 Å². The van der Waals surface area contributed by atoms with E-state index in [2.05, 4.69) is 30.9 Å². The lowest BCUT2D eigenvalue weighted by atomic mass is 10.2. The fourth-order valence-corrected chi connectivity index (χ4v) is 3.93. The topological polar surface area (TPSA) is 132 Å². The molecule has 1 heterocycles. The first-order valence-corrected chi connectivity index (χ1v) is 10.9. The zero-order chi connectivity index (χ0) is 22.9. The zero-order valence-electron chi connectivity index (χ0n) is 17.1. The van der Waals surface area contributed by atoms with E-state index in [0.717, 1.165) is 11.3 Å². The molecule has 3 rings (SSSR count). The van der Waals surface area contributed by atoms with Crippen LogP contribution >= 0.6 is 23.1 Å². The molecule has 10 nitrogen and oxygen atoms in total. The lowest BCUT2D eigenvalue weighted by molar-refractivity contribution is -0.113. The first-order valence-electron chi connectivity index (χ1n) is 9.13. The molecule has 12 heteroatoms. The van der Waals surface area contributed by atoms with Gasteiger partial charge in [0, 0.05) is 11.4 Å². The molecule has 0 fully saturated rings. The molecule has 0 saturated heterocycles. The number of hydrogen-bond acceptors (Lipinski definition) is 9. The molecule has 0 aliphatic carbocycles. The number of urea groups is 1. The first kappa shape index (κ1) is 23.0. The van der Waals surface area contributed by atoms with Crippen molar-refractivity contribution in [1.29, 1.82) is 0 Å². The Hall–Kier alpha value is -3.64. The maximum absolute atomic E-state index is 12.1. The van der Waals surface area contributed by atoms with Crippen molar-refractivity contribution in [2.45, 2.75) is 4.34 Å². The van der Waals surface area contributed by atoms with Gasteiger partial charge in [-0.1, -0.05) is 23.1 Å². The normalized spacial score (nSPS) is 10.2. The molecular formula is C20H19N5O5S2. The molecule has 0 aliphatic heterocycles. The Morgan fingerprint density at radius 3 is 2.22 bits per heavy atom. The van der Waals surface area contributed by atoms with Crippen LogP contribution in [0, 0.1) is 0 Å². The van der Waals surface area contributed by atoms with Gasteiger partial charge in [-0.15, -0.1) is 10.2 Å². The Bertz CT molecular complexity index is 1090. The summed E-state index contributed by atoms with van der Waals surface area (Å²) < 4.78 is 10.2. The number of ether oxygens (including phenoxy) is 2. The van der Waals surface area contributed by atoms with Crippen LogP contribution in [0.15, 0.2) is 52.9 Å². The monoisotopic (exact) mass is 473 g/mol. The van der Waals surface area contributed by atoms with E-state index in [1.807, 2.05) is 0 Å². The smallest absolute Gasteiger partial charge is 0.337 e. The molecule has 3 amide bonds. The second-order valence-electron chi connectivity index (χ2n) is 6.09. The number of esters is 1. The standard InChI is InChI=1S/C20H19N5O5S2/c1-29-15-9-7-14(8-10-15)22-18(28)23-19-24-25-20(32-19)31-11-16(26)21-13-5-3-12(4-6-13)17(27)30-2/h3-10H,11H2,1-2H3,(H,21,26)(H2,22,23,24,28). The summed E-state index contributed by atoms with van der Waals surface area (Å²) in [6.07, 6.45) is 0. The molecule has 0 bridgehead atoms. The maximum atomic E-state index is 12.1. The minimum Gasteiger partial charge on any atom is -0.497 e. The molecule has 0 radical (unpaired) electrons. The van der Waals surface area contributed by atoms with Crippen LogP contribution in [0.5, 0.6) is 5.75 Å². The Kier molecular flexibility index (Phi) is 8.00. The van der Waals surface area contributed by atoms with E-state index in [0.29, 0.717) is 32.2 Å². The largest absolute Gasteiger partial charge is 0.497 e. The summed E-state index contributed by atoms with van der Waals surface area (Å²) in [6, 6.07) is 12.8. The second kappa shape index (κ2) is 11.1. The average molecular weight is 474 g/mol. The Labute approximate surface area is 191 Å². The number of thioether (sulfide) groups is 1. The SMILES string of the molecule is COC(=O)c1ccc(NC(=O)CSc2nnc(NC(=O)Nc3ccc(OC)cc3)s2)cc1. The summed E-state index contributed by atoms with van der Waals surface area (Å²) in [5.74, 6) is 0.0920. The van der Waals surface area contributed by atoms with Crippen molar-refractivity contribution >= 4 is 57.5 Å². The van der Waals surface area contributed by atoms with Crippen molar-refractivity contribution in [3.05, 3.63) is 54.1 Å². The van der Waals surface area contributed by atoms with Gasteiger partial charge in [-0.05, 0) is 48.5 Å². The van der Waals surface area contributed by atoms with Crippen LogP contribution in [0.4, 0.5) is 21.3 Å². The number of rotatable bonds is 8. The molecule has 3 N–H and O–H groups in total. The van der Waals surface area contributed by atoms with Gasteiger partial charge in [-0.25, -0.2) is 9.59 Å². The van der Waals surface area contributed by atoms with Gasteiger partial charge in [-0.3, -0.25) is 10.1 Å². The van der Waals surface area contributed by atoms with Crippen molar-refractivity contribution in [1.82, 2.24) is 10.2 Å². The number of aromatic nitrogens is 2. The van der Waals surface area contributed by atoms with Gasteiger partial charge in [0.1, 0.15) is 5.75 Å². The Morgan fingerprint density at radius 2 is 1.56 bits per heavy atom. The van der Waals surface area contributed by atoms with Gasteiger partial charge in [0.25, 0.3) is 0 Å². The predicted octanol–water partition coefficient (Wildman–Crippen LogP) is 3.71. The number of benzene rings is 2. The molecule has 0 saturated carbocycles. The van der Waals surface area contributed by atoms with Crippen LogP contribution in [-0.4, -0.2) is 48.1 Å². The van der Waals surface area contributed by atoms with E-state index in [1.165, 1.54) is 18.9 Å². The van der Waals surface area contributed by atoms with E-state index >= 15 is 0 Å². The molecule has 166 valence electrons. The lowest BCUT2D eigenvalue weighted by Gasteiger charge is -2.06. The van der Waals surface area contributed by atoms with E-state index in [1.54, 1.807) is 55.6 Å². The third kappa shape index (κ3) is 6.68. The summed E-state index contributed by atoms with van der Waals surface area (Å²) in [4.78, 5) is 35.7. The fourth-order valence-electron chi connectivity index (χ4n) is 2.38. The molecule has 0 atom stereocenters. The van der Waals surface area contributed by atoms with Crippen molar-refractivity contribution < 1.29 is 23.9 Å². The average Bonchev–Trinajstić information content (AvgIpc) is 3.25. The second-order valence-corrected chi connectivity index (χ2v) is 8.29. The fraction of sp³-hybridized carbons (Fsp3) is 0.150. The minimum atomic E-state index is -0.462. The highest BCUT2D eigenvalue weighted by Gasteiger charge is 2.12. The van der Waals surface area contributed by atoms with Crippen LogP contribution < -0.4 is 20.7 Å². The highest BCUT2D eigenvalue weighted by Crippen LogP contribution is 2.26. The van der Waals surface area contributed by atoms with Crippen LogP contribution in [-0.2, 0) is 9.53 Å². The van der Waals surface area contributed by atoms with Crippen molar-refractivity contribution in [3.63, 3.8) is 0 Å². The molecule has 0 unspecified atom stereocenters. The number of anilines is 3. The van der Waals surface area contributed by atoms with Gasteiger partial charge in [0.05, 0.1) is 25.5 Å². The first-order chi connectivity index (χ1) is 15.5. The van der Waals surface area contributed by atoms with Gasteiger partial charge in [0.2, 0.25) is 11.0 Å². The molecule has 2 aromatic carbocycles. The molecule has 0 aliphatic rings. The number of nitrogens with zero attached hydrogens (tertiary/aromatic N) is 2. The molecule has 3 aromatic rings. The van der Waals surface area contributed by atoms with Crippen LogP contribution in [0.2, 0.25) is 0 Å². The number of hydrogen-bond donors (Lipinski definition) is 3. The number of amides is 3. The van der Waals surface area contributed by atoms with Crippen molar-refractivity contribution in [3.8, 4) is 5.75 Å². The van der Waals surface area contributed by atoms with Crippen LogP contribution in [0.3, 0.4) is 0 Å². The van der Waals surface area contributed by atoms with Gasteiger partial charge >= 0.3 is 12.0 Å². The quantitative estimate of drug-likeness (QED) is 0.256. The zero-order valence-corrected chi connectivity index (χ0v) is 18.7. The Morgan fingerprint density at radius 1 is 0.906 bits per heavy atom. The summed E-state index contributed by atoms with van der Waals surface area (Å²) in [5, 5.41) is 16.2. The number of carbonyl (C=O) groups excluding carboxylic acids is 3. The van der Waals surface area contributed by atoms with E-state index in [9.17, 15) is 14.4 Å². The summed E-state index contributed by atoms with van der Waals surface area (Å²) in [7, 11) is 2.87. The number of carbonyl (C=O) groups is 3. The van der Waals surface area contributed by atoms with Gasteiger partial charge < -0.3 is 20.1 Å². The van der Waals surface area contributed by atoms with Crippen molar-refractivity contribution in [2.24, 2.45) is 0 Å². The minimum absolute atomic E-state index is 0.103. The van der Waals surface area contributed by atoms with Crippen molar-refractivity contribution in [2.75, 3.05) is 35.9 Å². The molecular weight excluding hydrogens is 454 g/mol. The molecule has 1 aromatic heterocycles. The van der Waals surface area contributed by atoms with E-state index in [4.69, 9.17) is 4.74 Å². The number of nitrogens with one attached hydrogen (secondary N) is 3. The molecule has 0 spiro atoms. The maximum Gasteiger partial charge on any atom is 0.337 e. The third-order valence-electron chi connectivity index (χ3n) is 3.89. The summed E-state index contributed by atoms with van der Waals surface area (Å²) in [6.45, 7) is 0. The lowest BCUT2D eigenvalue weighted by Crippen LogP contribution is -2.19. The highest BCUT2D eigenvalue weighted by molar-refractivity contribution is 8.01. The van der Waals surface area contributed by atoms with E-state index in [-0.39, 0.29) is 11.7 Å². The van der Waals surface area contributed by atoms with Crippen LogP contribution in [0.25, 0.3) is 0 Å². The number of methoxy groups -OCH3 is 2. The molecule has 32 heavy (non-hydrogen) atoms. The highest BCUT2D eigenvalue weighted by atomic mass is 32.2. The van der Waals surface area contributed by atoms with Crippen LogP contribution in [0.1, 0.15) is 10.4 Å².